The number of nitrogens with zero attached hydrogens (tertiary/aromatic N) is 1. The summed E-state index contributed by atoms with van der Waals surface area (Å²) in [5.74, 6) is 0.146. The Bertz CT molecular complexity index is 477. The number of methoxy groups -OCH3 is 1. The average Bonchev–Trinajstić information content (AvgIpc) is 2.86. The Kier molecular flexibility index (Phi) is 5.01. The summed E-state index contributed by atoms with van der Waals surface area (Å²) in [5.41, 5.74) is 1.00. The van der Waals surface area contributed by atoms with Crippen molar-refractivity contribution in [2.45, 2.75) is 18.9 Å². The van der Waals surface area contributed by atoms with E-state index in [1.165, 1.54) is 7.11 Å². The van der Waals surface area contributed by atoms with E-state index in [-0.39, 0.29) is 17.8 Å². The fourth-order valence-corrected chi connectivity index (χ4v) is 2.71. The molecule has 1 aliphatic rings. The highest BCUT2D eigenvalue weighted by molar-refractivity contribution is 6.18. The molecule has 0 aromatic heterocycles. The molecular formula is C15H18ClNO3. The van der Waals surface area contributed by atoms with Gasteiger partial charge in [-0.2, -0.15) is 0 Å². The Morgan fingerprint density at radius 1 is 1.45 bits per heavy atom. The highest BCUT2D eigenvalue weighted by Crippen LogP contribution is 2.23. The fraction of sp³-hybridized carbons (Fsp3) is 0.467. The maximum Gasteiger partial charge on any atom is 0.328 e. The summed E-state index contributed by atoms with van der Waals surface area (Å²) >= 11 is 5.82. The molecular weight excluding hydrogens is 278 g/mol. The van der Waals surface area contributed by atoms with Crippen LogP contribution in [0.4, 0.5) is 0 Å². The summed E-state index contributed by atoms with van der Waals surface area (Å²) in [6.45, 7) is 0.523. The van der Waals surface area contributed by atoms with Crippen molar-refractivity contribution < 1.29 is 14.3 Å². The molecule has 0 bridgehead atoms. The molecule has 0 saturated carbocycles. The number of likely N-dealkylation sites (tertiary alicyclic amines) is 1. The van der Waals surface area contributed by atoms with Crippen molar-refractivity contribution in [3.05, 3.63) is 35.9 Å². The summed E-state index contributed by atoms with van der Waals surface area (Å²) in [7, 11) is 1.35. The standard InChI is InChI=1S/C15H18ClNO3/c1-20-15(19)13(7-11-5-3-2-4-6-11)17-10-12(9-16)8-14(17)18/h2-6,12-13H,7-10H2,1H3/t12?,13-/m1/s1. The molecule has 1 amide bonds. The van der Waals surface area contributed by atoms with Gasteiger partial charge in [0.15, 0.2) is 0 Å². The van der Waals surface area contributed by atoms with Gasteiger partial charge in [-0.3, -0.25) is 4.79 Å². The molecule has 2 rings (SSSR count). The first-order chi connectivity index (χ1) is 9.65. The predicted molar refractivity (Wildman–Crippen MR) is 76.5 cm³/mol. The van der Waals surface area contributed by atoms with Crippen LogP contribution in [0.1, 0.15) is 12.0 Å². The van der Waals surface area contributed by atoms with Crippen LogP contribution in [0.3, 0.4) is 0 Å². The molecule has 0 spiro atoms. The van der Waals surface area contributed by atoms with Crippen LogP contribution in [-0.2, 0) is 20.7 Å². The number of carbonyl (C=O) groups excluding carboxylic acids is 2. The molecule has 20 heavy (non-hydrogen) atoms. The molecule has 0 N–H and O–H groups in total. The van der Waals surface area contributed by atoms with Crippen LogP contribution >= 0.6 is 11.6 Å². The number of hydrogen-bond donors (Lipinski definition) is 0. The Labute approximate surface area is 123 Å². The maximum atomic E-state index is 12.1. The smallest absolute Gasteiger partial charge is 0.328 e. The number of halogens is 1. The SMILES string of the molecule is COC(=O)[C@@H](Cc1ccccc1)N1CC(CCl)CC1=O. The van der Waals surface area contributed by atoms with E-state index >= 15 is 0 Å². The van der Waals surface area contributed by atoms with Crippen molar-refractivity contribution in [3.63, 3.8) is 0 Å². The molecule has 2 atom stereocenters. The predicted octanol–water partition coefficient (Wildman–Crippen LogP) is 1.86. The lowest BCUT2D eigenvalue weighted by Crippen LogP contribution is -2.44. The topological polar surface area (TPSA) is 46.6 Å². The minimum absolute atomic E-state index is 0.0259. The molecule has 5 heteroatoms. The van der Waals surface area contributed by atoms with Crippen LogP contribution in [-0.4, -0.2) is 42.4 Å². The van der Waals surface area contributed by atoms with Gasteiger partial charge in [-0.1, -0.05) is 30.3 Å². The second-order valence-electron chi connectivity index (χ2n) is 5.00. The third-order valence-corrected chi connectivity index (χ3v) is 4.01. The number of alkyl halides is 1. The van der Waals surface area contributed by atoms with Crippen LogP contribution in [0, 0.1) is 5.92 Å². The first-order valence-corrected chi connectivity index (χ1v) is 7.16. The fourth-order valence-electron chi connectivity index (χ4n) is 2.51. The first kappa shape index (κ1) is 14.9. The van der Waals surface area contributed by atoms with Gasteiger partial charge in [0.2, 0.25) is 5.91 Å². The number of hydrogen-bond acceptors (Lipinski definition) is 3. The van der Waals surface area contributed by atoms with E-state index in [4.69, 9.17) is 16.3 Å². The minimum Gasteiger partial charge on any atom is -0.467 e. The molecule has 1 heterocycles. The highest BCUT2D eigenvalue weighted by Gasteiger charge is 2.37. The summed E-state index contributed by atoms with van der Waals surface area (Å²) < 4.78 is 4.85. The largest absolute Gasteiger partial charge is 0.467 e. The van der Waals surface area contributed by atoms with E-state index in [0.29, 0.717) is 25.3 Å². The first-order valence-electron chi connectivity index (χ1n) is 6.63. The summed E-state index contributed by atoms with van der Waals surface area (Å²) in [6, 6.07) is 9.06. The van der Waals surface area contributed by atoms with Crippen molar-refractivity contribution in [1.29, 1.82) is 0 Å². The van der Waals surface area contributed by atoms with Crippen LogP contribution in [0.2, 0.25) is 0 Å². The summed E-state index contributed by atoms with van der Waals surface area (Å²) in [4.78, 5) is 25.7. The van der Waals surface area contributed by atoms with Crippen LogP contribution in [0.5, 0.6) is 0 Å². The quantitative estimate of drug-likeness (QED) is 0.615. The van der Waals surface area contributed by atoms with E-state index in [0.717, 1.165) is 5.56 Å². The third kappa shape index (κ3) is 3.31. The second kappa shape index (κ2) is 6.75. The van der Waals surface area contributed by atoms with Gasteiger partial charge >= 0.3 is 5.97 Å². The lowest BCUT2D eigenvalue weighted by molar-refractivity contribution is -0.151. The van der Waals surface area contributed by atoms with Crippen molar-refractivity contribution in [3.8, 4) is 0 Å². The lowest BCUT2D eigenvalue weighted by Gasteiger charge is -2.26. The molecule has 108 valence electrons. The zero-order chi connectivity index (χ0) is 14.5. The second-order valence-corrected chi connectivity index (χ2v) is 5.31. The van der Waals surface area contributed by atoms with Crippen molar-refractivity contribution >= 4 is 23.5 Å². The molecule has 1 fully saturated rings. The summed E-state index contributed by atoms with van der Waals surface area (Å²) in [6.07, 6.45) is 0.875. The number of esters is 1. The molecule has 0 radical (unpaired) electrons. The molecule has 1 saturated heterocycles. The van der Waals surface area contributed by atoms with E-state index in [2.05, 4.69) is 0 Å². The monoisotopic (exact) mass is 295 g/mol. The maximum absolute atomic E-state index is 12.1. The minimum atomic E-state index is -0.567. The molecule has 1 aromatic carbocycles. The van der Waals surface area contributed by atoms with Gasteiger partial charge in [-0.15, -0.1) is 11.6 Å². The summed E-state index contributed by atoms with van der Waals surface area (Å²) in [5, 5.41) is 0. The Hall–Kier alpha value is -1.55. The average molecular weight is 296 g/mol. The zero-order valence-electron chi connectivity index (χ0n) is 11.4. The highest BCUT2D eigenvalue weighted by atomic mass is 35.5. The normalized spacial score (nSPS) is 20.0. The van der Waals surface area contributed by atoms with Gasteiger partial charge < -0.3 is 9.64 Å². The Balaban J connectivity index is 2.16. The molecule has 4 nitrogen and oxygen atoms in total. The molecule has 1 aliphatic heterocycles. The Morgan fingerprint density at radius 3 is 2.70 bits per heavy atom. The Morgan fingerprint density at radius 2 is 2.15 bits per heavy atom. The van der Waals surface area contributed by atoms with Crippen LogP contribution in [0.15, 0.2) is 30.3 Å². The van der Waals surface area contributed by atoms with Gasteiger partial charge in [-0.25, -0.2) is 4.79 Å². The van der Waals surface area contributed by atoms with E-state index in [1.807, 2.05) is 30.3 Å². The van der Waals surface area contributed by atoms with Crippen molar-refractivity contribution in [2.75, 3.05) is 19.5 Å². The van der Waals surface area contributed by atoms with Gasteiger partial charge in [0, 0.05) is 25.3 Å². The number of carbonyl (C=O) groups is 2. The molecule has 0 aliphatic carbocycles. The third-order valence-electron chi connectivity index (χ3n) is 3.58. The van der Waals surface area contributed by atoms with E-state index in [1.54, 1.807) is 4.90 Å². The number of benzene rings is 1. The molecule has 1 aromatic rings. The van der Waals surface area contributed by atoms with Gasteiger partial charge in [0.1, 0.15) is 6.04 Å². The van der Waals surface area contributed by atoms with Crippen molar-refractivity contribution in [2.24, 2.45) is 5.92 Å². The van der Waals surface area contributed by atoms with Crippen molar-refractivity contribution in [1.82, 2.24) is 4.90 Å². The van der Waals surface area contributed by atoms with E-state index < -0.39 is 6.04 Å². The zero-order valence-corrected chi connectivity index (χ0v) is 12.2. The lowest BCUT2D eigenvalue weighted by atomic mass is 10.0. The van der Waals surface area contributed by atoms with Gasteiger partial charge in [0.05, 0.1) is 7.11 Å². The number of amides is 1. The number of ether oxygens (including phenoxy) is 1. The number of rotatable bonds is 5. The van der Waals surface area contributed by atoms with Crippen LogP contribution < -0.4 is 0 Å². The molecule has 1 unspecified atom stereocenters. The van der Waals surface area contributed by atoms with Gasteiger partial charge in [0.25, 0.3) is 0 Å². The van der Waals surface area contributed by atoms with Crippen LogP contribution in [0.25, 0.3) is 0 Å². The van der Waals surface area contributed by atoms with Gasteiger partial charge in [-0.05, 0) is 11.5 Å². The van der Waals surface area contributed by atoms with E-state index in [9.17, 15) is 9.59 Å².